The van der Waals surface area contributed by atoms with Gasteiger partial charge >= 0.3 is 0 Å². The van der Waals surface area contributed by atoms with Gasteiger partial charge in [-0.05, 0) is 6.42 Å². The normalized spacial score (nSPS) is 8.90. The largest absolute Gasteiger partial charge is 0.370 e. The lowest BCUT2D eigenvalue weighted by molar-refractivity contribution is 0.575. The van der Waals surface area contributed by atoms with Gasteiger partial charge in [-0.3, -0.25) is 15.7 Å². The molecule has 0 aliphatic carbocycles. The van der Waals surface area contributed by atoms with E-state index in [4.69, 9.17) is 22.3 Å². The molecule has 0 aromatic carbocycles. The summed E-state index contributed by atoms with van der Waals surface area (Å²) < 4.78 is 0. The third-order valence-electron chi connectivity index (χ3n) is 1.03. The van der Waals surface area contributed by atoms with Crippen molar-refractivity contribution in [2.45, 2.75) is 13.3 Å². The van der Waals surface area contributed by atoms with Crippen LogP contribution in [0, 0.1) is 10.8 Å². The molecule has 0 bridgehead atoms. The fourth-order valence-corrected chi connectivity index (χ4v) is 0.594. The van der Waals surface area contributed by atoms with Gasteiger partial charge in [0.1, 0.15) is 0 Å². The second kappa shape index (κ2) is 3.71. The molecule has 0 aromatic rings. The summed E-state index contributed by atoms with van der Waals surface area (Å²) in [4.78, 5) is 1.24. The molecule has 0 atom stereocenters. The Morgan fingerprint density at radius 3 is 1.80 bits per heavy atom. The van der Waals surface area contributed by atoms with E-state index in [0.717, 1.165) is 6.42 Å². The van der Waals surface area contributed by atoms with E-state index in [0.29, 0.717) is 6.54 Å². The highest BCUT2D eigenvalue weighted by atomic mass is 15.3. The number of nitrogens with zero attached hydrogens (tertiary/aromatic N) is 1. The number of nitrogens with one attached hydrogen (secondary N) is 2. The number of hydrogen-bond acceptors (Lipinski definition) is 2. The van der Waals surface area contributed by atoms with Gasteiger partial charge in [-0.1, -0.05) is 6.92 Å². The van der Waals surface area contributed by atoms with E-state index in [1.165, 1.54) is 4.90 Å². The second-order valence-electron chi connectivity index (χ2n) is 1.92. The third kappa shape index (κ3) is 2.34. The molecule has 0 radical (unpaired) electrons. The van der Waals surface area contributed by atoms with Crippen molar-refractivity contribution in [2.24, 2.45) is 11.5 Å². The fraction of sp³-hybridized carbons (Fsp3) is 0.600. The van der Waals surface area contributed by atoms with Crippen LogP contribution >= 0.6 is 0 Å². The predicted octanol–water partition coefficient (Wildman–Crippen LogP) is -0.515. The first-order valence-electron chi connectivity index (χ1n) is 3.05. The van der Waals surface area contributed by atoms with Gasteiger partial charge in [-0.2, -0.15) is 0 Å². The zero-order valence-corrected chi connectivity index (χ0v) is 6.02. The first kappa shape index (κ1) is 8.74. The maximum absolute atomic E-state index is 6.97. The second-order valence-corrected chi connectivity index (χ2v) is 1.92. The molecule has 0 aromatic heterocycles. The highest BCUT2D eigenvalue weighted by Crippen LogP contribution is 1.86. The Morgan fingerprint density at radius 2 is 1.70 bits per heavy atom. The third-order valence-corrected chi connectivity index (χ3v) is 1.03. The van der Waals surface area contributed by atoms with E-state index in [1.54, 1.807) is 0 Å². The van der Waals surface area contributed by atoms with E-state index < -0.39 is 0 Å². The van der Waals surface area contributed by atoms with Crippen molar-refractivity contribution in [3.8, 4) is 0 Å². The minimum Gasteiger partial charge on any atom is -0.370 e. The zero-order valence-electron chi connectivity index (χ0n) is 6.02. The molecule has 58 valence electrons. The van der Waals surface area contributed by atoms with E-state index in [2.05, 4.69) is 0 Å². The standard InChI is InChI=1S/C5H13N5/c1-2-3-10(4(6)7)5(8)9/h2-3H2,1H3,(H3,6,7)(H3,8,9). The Balaban J connectivity index is 3.98. The van der Waals surface area contributed by atoms with Gasteiger partial charge in [0.05, 0.1) is 0 Å². The van der Waals surface area contributed by atoms with Crippen LogP contribution in [0.4, 0.5) is 0 Å². The lowest BCUT2D eigenvalue weighted by Gasteiger charge is -2.18. The molecule has 0 aliphatic heterocycles. The lowest BCUT2D eigenvalue weighted by atomic mass is 10.4. The van der Waals surface area contributed by atoms with Crippen LogP contribution in [0.15, 0.2) is 0 Å². The maximum atomic E-state index is 6.97. The topological polar surface area (TPSA) is 103 Å². The highest BCUT2D eigenvalue weighted by molar-refractivity contribution is 5.94. The number of hydrogen-bond donors (Lipinski definition) is 4. The van der Waals surface area contributed by atoms with E-state index >= 15 is 0 Å². The summed E-state index contributed by atoms with van der Waals surface area (Å²) in [7, 11) is 0. The van der Waals surface area contributed by atoms with Gasteiger partial charge < -0.3 is 11.5 Å². The zero-order chi connectivity index (χ0) is 8.15. The summed E-state index contributed by atoms with van der Waals surface area (Å²) in [5.41, 5.74) is 10.2. The van der Waals surface area contributed by atoms with Crippen molar-refractivity contribution in [1.82, 2.24) is 4.90 Å². The summed E-state index contributed by atoms with van der Waals surface area (Å²) >= 11 is 0. The van der Waals surface area contributed by atoms with Gasteiger partial charge in [0.2, 0.25) is 0 Å². The molecular weight excluding hydrogens is 130 g/mol. The van der Waals surface area contributed by atoms with Crippen molar-refractivity contribution in [3.05, 3.63) is 0 Å². The molecule has 0 saturated heterocycles. The summed E-state index contributed by atoms with van der Waals surface area (Å²) in [5.74, 6) is -0.344. The molecule has 0 rings (SSSR count). The summed E-state index contributed by atoms with van der Waals surface area (Å²) in [5, 5.41) is 13.9. The van der Waals surface area contributed by atoms with Crippen LogP contribution in [0.25, 0.3) is 0 Å². The molecule has 0 heterocycles. The van der Waals surface area contributed by atoms with E-state index in [-0.39, 0.29) is 11.9 Å². The van der Waals surface area contributed by atoms with Crippen molar-refractivity contribution < 1.29 is 0 Å². The number of nitrogens with two attached hydrogens (primary N) is 2. The molecule has 0 spiro atoms. The summed E-state index contributed by atoms with van der Waals surface area (Å²) in [6.07, 6.45) is 0.819. The number of guanidine groups is 2. The quantitative estimate of drug-likeness (QED) is 0.309. The Bertz CT molecular complexity index is 127. The van der Waals surface area contributed by atoms with Crippen LogP contribution in [0.1, 0.15) is 13.3 Å². The van der Waals surface area contributed by atoms with Gasteiger partial charge in [0, 0.05) is 6.54 Å². The van der Waals surface area contributed by atoms with Crippen LogP contribution < -0.4 is 11.5 Å². The molecule has 5 nitrogen and oxygen atoms in total. The van der Waals surface area contributed by atoms with Gasteiger partial charge in [-0.25, -0.2) is 0 Å². The van der Waals surface area contributed by atoms with Gasteiger partial charge in [-0.15, -0.1) is 0 Å². The lowest BCUT2D eigenvalue weighted by Crippen LogP contribution is -2.45. The Kier molecular flexibility index (Phi) is 3.24. The van der Waals surface area contributed by atoms with Crippen molar-refractivity contribution in [3.63, 3.8) is 0 Å². The molecule has 0 saturated carbocycles. The maximum Gasteiger partial charge on any atom is 0.195 e. The van der Waals surface area contributed by atoms with Gasteiger partial charge in [0.25, 0.3) is 0 Å². The van der Waals surface area contributed by atoms with Crippen LogP contribution in [0.5, 0.6) is 0 Å². The van der Waals surface area contributed by atoms with Crippen LogP contribution in [-0.2, 0) is 0 Å². The average Bonchev–Trinajstić information content (AvgIpc) is 1.81. The van der Waals surface area contributed by atoms with Crippen LogP contribution in [0.3, 0.4) is 0 Å². The Labute approximate surface area is 60.0 Å². The smallest absolute Gasteiger partial charge is 0.195 e. The molecule has 0 unspecified atom stereocenters. The van der Waals surface area contributed by atoms with E-state index in [1.807, 2.05) is 6.92 Å². The predicted molar refractivity (Wildman–Crippen MR) is 40.8 cm³/mol. The van der Waals surface area contributed by atoms with Gasteiger partial charge in [0.15, 0.2) is 11.9 Å². The molecule has 6 N–H and O–H groups in total. The molecule has 0 amide bonds. The first-order valence-corrected chi connectivity index (χ1v) is 3.05. The minimum atomic E-state index is -0.172. The fourth-order valence-electron chi connectivity index (χ4n) is 0.594. The van der Waals surface area contributed by atoms with Crippen molar-refractivity contribution >= 4 is 11.9 Å². The monoisotopic (exact) mass is 143 g/mol. The highest BCUT2D eigenvalue weighted by Gasteiger charge is 2.06. The number of rotatable bonds is 2. The molecule has 0 fully saturated rings. The first-order chi connectivity index (χ1) is 4.59. The summed E-state index contributed by atoms with van der Waals surface area (Å²) in [6.45, 7) is 2.46. The average molecular weight is 143 g/mol. The molecule has 10 heavy (non-hydrogen) atoms. The summed E-state index contributed by atoms with van der Waals surface area (Å²) in [6, 6.07) is 0. The van der Waals surface area contributed by atoms with Crippen molar-refractivity contribution in [2.75, 3.05) is 6.54 Å². The molecule has 5 heteroatoms. The minimum absolute atomic E-state index is 0.172. The van der Waals surface area contributed by atoms with Crippen molar-refractivity contribution in [1.29, 1.82) is 10.8 Å². The van der Waals surface area contributed by atoms with E-state index in [9.17, 15) is 0 Å². The molecular formula is C5H13N5. The SMILES string of the molecule is CCCN(C(=N)N)C(=N)N. The molecule has 0 aliphatic rings. The van der Waals surface area contributed by atoms with Crippen LogP contribution in [-0.4, -0.2) is 23.4 Å². The Morgan fingerprint density at radius 1 is 1.30 bits per heavy atom. The Hall–Kier alpha value is -1.26. The van der Waals surface area contributed by atoms with Crippen LogP contribution in [0.2, 0.25) is 0 Å².